The molecule has 0 saturated heterocycles. The van der Waals surface area contributed by atoms with Crippen LogP contribution in [0.4, 0.5) is 5.69 Å². The van der Waals surface area contributed by atoms with Crippen molar-refractivity contribution in [1.82, 2.24) is 16.2 Å². The third kappa shape index (κ3) is 5.98. The van der Waals surface area contributed by atoms with Crippen LogP contribution in [-0.4, -0.2) is 28.0 Å². The van der Waals surface area contributed by atoms with Crippen LogP contribution >= 0.6 is 12.2 Å². The summed E-state index contributed by atoms with van der Waals surface area (Å²) in [4.78, 5) is 34.7. The Kier molecular flexibility index (Phi) is 7.21. The van der Waals surface area contributed by atoms with E-state index in [2.05, 4.69) is 16.2 Å². The highest BCUT2D eigenvalue weighted by Crippen LogP contribution is 2.18. The van der Waals surface area contributed by atoms with E-state index in [0.29, 0.717) is 5.75 Å². The van der Waals surface area contributed by atoms with Gasteiger partial charge in [0.05, 0.1) is 4.92 Å². The highest BCUT2D eigenvalue weighted by molar-refractivity contribution is 7.80. The number of ether oxygens (including phenoxy) is 1. The average molecular weight is 416 g/mol. The summed E-state index contributed by atoms with van der Waals surface area (Å²) in [6, 6.07) is 10.9. The molecule has 0 aliphatic heterocycles. The minimum absolute atomic E-state index is 0.153. The highest BCUT2D eigenvalue weighted by atomic mass is 32.1. The Morgan fingerprint density at radius 1 is 1.10 bits per heavy atom. The number of hydrogen-bond acceptors (Lipinski definition) is 6. The summed E-state index contributed by atoms with van der Waals surface area (Å²) in [5.41, 5.74) is 6.32. The molecule has 0 fully saturated rings. The number of thiocarbonyl (C=S) groups is 1. The van der Waals surface area contributed by atoms with E-state index in [9.17, 15) is 19.7 Å². The lowest BCUT2D eigenvalue weighted by molar-refractivity contribution is -0.385. The summed E-state index contributed by atoms with van der Waals surface area (Å²) in [5.74, 6) is -0.753. The van der Waals surface area contributed by atoms with Crippen LogP contribution in [0.2, 0.25) is 0 Å². The van der Waals surface area contributed by atoms with Gasteiger partial charge >= 0.3 is 0 Å². The van der Waals surface area contributed by atoms with Gasteiger partial charge < -0.3 is 4.74 Å². The molecule has 9 nitrogen and oxygen atoms in total. The first kappa shape index (κ1) is 21.8. The number of nitrogens with one attached hydrogen (secondary N) is 3. The van der Waals surface area contributed by atoms with Crippen molar-refractivity contribution in [2.24, 2.45) is 0 Å². The number of nitro groups is 1. The highest BCUT2D eigenvalue weighted by Gasteiger charge is 2.20. The molecule has 152 valence electrons. The van der Waals surface area contributed by atoms with E-state index in [0.717, 1.165) is 11.1 Å². The monoisotopic (exact) mass is 416 g/mol. The summed E-state index contributed by atoms with van der Waals surface area (Å²) in [7, 11) is 0. The molecule has 0 aromatic heterocycles. The summed E-state index contributed by atoms with van der Waals surface area (Å²) >= 11 is 4.94. The second-order valence-electron chi connectivity index (χ2n) is 6.18. The van der Waals surface area contributed by atoms with Gasteiger partial charge in [0.25, 0.3) is 17.5 Å². The number of rotatable bonds is 5. The first-order chi connectivity index (χ1) is 13.7. The lowest BCUT2D eigenvalue weighted by Gasteiger charge is -2.17. The predicted molar refractivity (Wildman–Crippen MR) is 110 cm³/mol. The minimum atomic E-state index is -0.835. The number of nitrogens with zero attached hydrogens (tertiary/aromatic N) is 1. The second-order valence-corrected chi connectivity index (χ2v) is 6.59. The quantitative estimate of drug-likeness (QED) is 0.388. The Morgan fingerprint density at radius 3 is 2.45 bits per heavy atom. The molecular formula is C19H20N4O5S. The molecule has 29 heavy (non-hydrogen) atoms. The van der Waals surface area contributed by atoms with Crippen LogP contribution in [0.1, 0.15) is 28.4 Å². The first-order valence-corrected chi connectivity index (χ1v) is 8.98. The SMILES string of the molecule is Cc1ccc(OC(C)C(=O)NNC(=S)NC(=O)c2ccccc2[N+](=O)[O-])cc1C. The molecule has 2 aromatic carbocycles. The van der Waals surface area contributed by atoms with Gasteiger partial charge in [-0.1, -0.05) is 18.2 Å². The maximum atomic E-state index is 12.2. The van der Waals surface area contributed by atoms with Gasteiger partial charge in [0.2, 0.25) is 0 Å². The van der Waals surface area contributed by atoms with Crippen molar-refractivity contribution in [2.75, 3.05) is 0 Å². The largest absolute Gasteiger partial charge is 0.481 e. The molecular weight excluding hydrogens is 396 g/mol. The Labute approximate surface area is 172 Å². The molecule has 3 N–H and O–H groups in total. The summed E-state index contributed by atoms with van der Waals surface area (Å²) in [5, 5.41) is 13.0. The topological polar surface area (TPSA) is 123 Å². The number of carbonyl (C=O) groups is 2. The van der Waals surface area contributed by atoms with Crippen molar-refractivity contribution in [1.29, 1.82) is 0 Å². The predicted octanol–water partition coefficient (Wildman–Crippen LogP) is 2.31. The van der Waals surface area contributed by atoms with E-state index in [4.69, 9.17) is 17.0 Å². The number of hydrogen-bond donors (Lipinski definition) is 3. The third-order valence-electron chi connectivity index (χ3n) is 4.03. The zero-order valence-corrected chi connectivity index (χ0v) is 16.8. The van der Waals surface area contributed by atoms with Crippen LogP contribution in [0.3, 0.4) is 0 Å². The van der Waals surface area contributed by atoms with Crippen molar-refractivity contribution in [3.8, 4) is 5.75 Å². The van der Waals surface area contributed by atoms with Crippen LogP contribution in [0, 0.1) is 24.0 Å². The molecule has 1 atom stereocenters. The summed E-state index contributed by atoms with van der Waals surface area (Å²) in [6.07, 6.45) is -0.835. The van der Waals surface area contributed by atoms with E-state index in [1.165, 1.54) is 24.3 Å². The lowest BCUT2D eigenvalue weighted by Crippen LogP contribution is -2.51. The van der Waals surface area contributed by atoms with E-state index in [1.54, 1.807) is 13.0 Å². The van der Waals surface area contributed by atoms with Gasteiger partial charge in [-0.2, -0.15) is 0 Å². The first-order valence-electron chi connectivity index (χ1n) is 8.57. The van der Waals surface area contributed by atoms with Crippen LogP contribution < -0.4 is 20.9 Å². The number of aryl methyl sites for hydroxylation is 2. The number of benzene rings is 2. The molecule has 2 amide bonds. The van der Waals surface area contributed by atoms with Crippen LogP contribution in [0.15, 0.2) is 42.5 Å². The minimum Gasteiger partial charge on any atom is -0.481 e. The van der Waals surface area contributed by atoms with Gasteiger partial charge in [-0.05, 0) is 62.3 Å². The van der Waals surface area contributed by atoms with Gasteiger partial charge in [-0.25, -0.2) is 0 Å². The molecule has 0 aliphatic rings. The van der Waals surface area contributed by atoms with Crippen LogP contribution in [0.25, 0.3) is 0 Å². The van der Waals surface area contributed by atoms with Gasteiger partial charge in [0, 0.05) is 6.07 Å². The van der Waals surface area contributed by atoms with E-state index in [1.807, 2.05) is 26.0 Å². The molecule has 0 spiro atoms. The fourth-order valence-electron chi connectivity index (χ4n) is 2.29. The molecule has 0 aliphatic carbocycles. The number of carbonyl (C=O) groups excluding carboxylic acids is 2. The number of hydrazine groups is 1. The van der Waals surface area contributed by atoms with E-state index < -0.39 is 22.8 Å². The molecule has 2 rings (SSSR count). The number of para-hydroxylation sites is 1. The van der Waals surface area contributed by atoms with Crippen molar-refractivity contribution < 1.29 is 19.2 Å². The zero-order chi connectivity index (χ0) is 21.6. The maximum Gasteiger partial charge on any atom is 0.282 e. The molecule has 0 radical (unpaired) electrons. The van der Waals surface area contributed by atoms with Gasteiger partial charge in [0.1, 0.15) is 11.3 Å². The molecule has 0 bridgehead atoms. The Hall–Kier alpha value is -3.53. The molecule has 0 heterocycles. The third-order valence-corrected chi connectivity index (χ3v) is 4.24. The Bertz CT molecular complexity index is 963. The van der Waals surface area contributed by atoms with Crippen LogP contribution in [0.5, 0.6) is 5.75 Å². The fourth-order valence-corrected chi connectivity index (χ4v) is 2.44. The lowest BCUT2D eigenvalue weighted by atomic mass is 10.1. The van der Waals surface area contributed by atoms with Crippen molar-refractivity contribution in [3.63, 3.8) is 0 Å². The van der Waals surface area contributed by atoms with E-state index >= 15 is 0 Å². The van der Waals surface area contributed by atoms with Crippen molar-refractivity contribution in [3.05, 3.63) is 69.3 Å². The van der Waals surface area contributed by atoms with Crippen molar-refractivity contribution in [2.45, 2.75) is 26.9 Å². The molecule has 0 saturated carbocycles. The Morgan fingerprint density at radius 2 is 1.79 bits per heavy atom. The number of nitro benzene ring substituents is 1. The van der Waals surface area contributed by atoms with Crippen LogP contribution in [-0.2, 0) is 4.79 Å². The maximum absolute atomic E-state index is 12.2. The smallest absolute Gasteiger partial charge is 0.282 e. The number of amides is 2. The molecule has 1 unspecified atom stereocenters. The zero-order valence-electron chi connectivity index (χ0n) is 16.0. The standard InChI is InChI=1S/C19H20N4O5S/c1-11-8-9-14(10-12(11)2)28-13(3)17(24)21-22-19(29)20-18(25)15-6-4-5-7-16(15)23(26)27/h4-10,13H,1-3H3,(H,21,24)(H2,20,22,25,29). The molecule has 2 aromatic rings. The Balaban J connectivity index is 1.88. The fraction of sp³-hybridized carbons (Fsp3) is 0.211. The summed E-state index contributed by atoms with van der Waals surface area (Å²) in [6.45, 7) is 5.46. The van der Waals surface area contributed by atoms with Gasteiger partial charge in [-0.3, -0.25) is 35.9 Å². The van der Waals surface area contributed by atoms with E-state index in [-0.39, 0.29) is 16.4 Å². The molecule has 10 heteroatoms. The van der Waals surface area contributed by atoms with Gasteiger partial charge in [-0.15, -0.1) is 0 Å². The second kappa shape index (κ2) is 9.60. The van der Waals surface area contributed by atoms with Crippen molar-refractivity contribution >= 4 is 34.8 Å². The summed E-state index contributed by atoms with van der Waals surface area (Å²) < 4.78 is 5.58. The average Bonchev–Trinajstić information content (AvgIpc) is 2.68. The normalized spacial score (nSPS) is 11.1. The van der Waals surface area contributed by atoms with Gasteiger partial charge in [0.15, 0.2) is 11.2 Å².